The predicted molar refractivity (Wildman–Crippen MR) is 55.4 cm³/mol. The van der Waals surface area contributed by atoms with Gasteiger partial charge in [-0.05, 0) is 30.8 Å². The molecule has 0 saturated carbocycles. The van der Waals surface area contributed by atoms with Crippen LogP contribution in [0.4, 0.5) is 0 Å². The number of hydrogen-bond donors (Lipinski definition) is 1. The zero-order valence-electron chi connectivity index (χ0n) is 7.86. The smallest absolute Gasteiger partial charge is 0.198 e. The Bertz CT molecular complexity index is 455. The lowest BCUT2D eigenvalue weighted by molar-refractivity contribution is 0.566. The van der Waals surface area contributed by atoms with E-state index in [1.165, 1.54) is 0 Å². The second kappa shape index (κ2) is 3.79. The topological polar surface area (TPSA) is 46.8 Å². The molecule has 74 valence electrons. The van der Waals surface area contributed by atoms with Gasteiger partial charge in [-0.2, -0.15) is 5.10 Å². The molecule has 0 aliphatic heterocycles. The van der Waals surface area contributed by atoms with E-state index in [0.717, 1.165) is 24.6 Å². The van der Waals surface area contributed by atoms with Gasteiger partial charge in [-0.1, -0.05) is 6.92 Å². The molecular weight excluding hydrogens is 198 g/mol. The third-order valence-electron chi connectivity index (χ3n) is 1.95. The number of nitrogens with zero attached hydrogens (tertiary/aromatic N) is 2. The number of rotatable bonds is 3. The van der Waals surface area contributed by atoms with Crippen molar-refractivity contribution in [3.8, 4) is 11.6 Å². The monoisotopic (exact) mass is 209 g/mol. The molecule has 0 aromatic carbocycles. The molecule has 0 aliphatic rings. The highest BCUT2D eigenvalue weighted by atomic mass is 32.1. The summed E-state index contributed by atoms with van der Waals surface area (Å²) in [6.45, 7) is 2.95. The summed E-state index contributed by atoms with van der Waals surface area (Å²) in [5, 5.41) is 6.89. The van der Waals surface area contributed by atoms with Gasteiger partial charge in [-0.15, -0.1) is 0 Å². The van der Waals surface area contributed by atoms with Crippen LogP contribution >= 0.6 is 12.2 Å². The lowest BCUT2D eigenvalue weighted by Crippen LogP contribution is -1.99. The summed E-state index contributed by atoms with van der Waals surface area (Å²) < 4.78 is 7.85. The molecule has 4 nitrogen and oxygen atoms in total. The highest BCUT2D eigenvalue weighted by molar-refractivity contribution is 7.71. The molecule has 14 heavy (non-hydrogen) atoms. The zero-order valence-corrected chi connectivity index (χ0v) is 8.67. The van der Waals surface area contributed by atoms with Crippen LogP contribution in [0.15, 0.2) is 22.8 Å². The van der Waals surface area contributed by atoms with Crippen LogP contribution in [0.2, 0.25) is 0 Å². The Hall–Kier alpha value is -1.36. The fraction of sp³-hybridized carbons (Fsp3) is 0.333. The molecule has 0 aliphatic carbocycles. The molecule has 0 fully saturated rings. The Morgan fingerprint density at radius 1 is 1.64 bits per heavy atom. The third-order valence-corrected chi connectivity index (χ3v) is 2.26. The van der Waals surface area contributed by atoms with Gasteiger partial charge < -0.3 is 4.42 Å². The fourth-order valence-corrected chi connectivity index (χ4v) is 1.57. The van der Waals surface area contributed by atoms with Gasteiger partial charge in [0.05, 0.1) is 6.26 Å². The SMILES string of the molecule is CCCn1c(-c2ccco2)n[nH]c1=S. The fourth-order valence-electron chi connectivity index (χ4n) is 1.34. The van der Waals surface area contributed by atoms with Gasteiger partial charge in [0.25, 0.3) is 0 Å². The van der Waals surface area contributed by atoms with Crippen LogP contribution in [0.5, 0.6) is 0 Å². The summed E-state index contributed by atoms with van der Waals surface area (Å²) in [7, 11) is 0. The van der Waals surface area contributed by atoms with E-state index >= 15 is 0 Å². The maximum Gasteiger partial charge on any atom is 0.198 e. The van der Waals surface area contributed by atoms with Crippen molar-refractivity contribution in [1.29, 1.82) is 0 Å². The maximum atomic E-state index is 5.27. The molecule has 1 N–H and O–H groups in total. The minimum atomic E-state index is 0.637. The van der Waals surface area contributed by atoms with Crippen molar-refractivity contribution in [1.82, 2.24) is 14.8 Å². The highest BCUT2D eigenvalue weighted by Gasteiger charge is 2.09. The first-order chi connectivity index (χ1) is 6.83. The quantitative estimate of drug-likeness (QED) is 0.790. The van der Waals surface area contributed by atoms with Gasteiger partial charge in [-0.25, -0.2) is 0 Å². The van der Waals surface area contributed by atoms with Crippen molar-refractivity contribution in [3.63, 3.8) is 0 Å². The van der Waals surface area contributed by atoms with Gasteiger partial charge in [0.1, 0.15) is 0 Å². The van der Waals surface area contributed by atoms with Crippen molar-refractivity contribution in [2.45, 2.75) is 19.9 Å². The van der Waals surface area contributed by atoms with Crippen LogP contribution in [0.25, 0.3) is 11.6 Å². The standard InChI is InChI=1S/C9H11N3OS/c1-2-5-12-8(10-11-9(12)14)7-4-3-6-13-7/h3-4,6H,2,5H2,1H3,(H,11,14). The number of hydrogen-bond acceptors (Lipinski definition) is 3. The Labute approximate surface area is 86.6 Å². The Morgan fingerprint density at radius 3 is 3.14 bits per heavy atom. The lowest BCUT2D eigenvalue weighted by Gasteiger charge is -2.01. The molecule has 2 heterocycles. The van der Waals surface area contributed by atoms with E-state index < -0.39 is 0 Å². The normalized spacial score (nSPS) is 10.6. The first kappa shape index (κ1) is 9.21. The minimum Gasteiger partial charge on any atom is -0.461 e. The number of nitrogens with one attached hydrogen (secondary N) is 1. The Kier molecular flexibility index (Phi) is 2.49. The van der Waals surface area contributed by atoms with Crippen molar-refractivity contribution < 1.29 is 4.42 Å². The molecule has 2 aromatic rings. The maximum absolute atomic E-state index is 5.27. The van der Waals surface area contributed by atoms with Gasteiger partial charge >= 0.3 is 0 Å². The highest BCUT2D eigenvalue weighted by Crippen LogP contribution is 2.17. The number of H-pyrrole nitrogens is 1. The van der Waals surface area contributed by atoms with Crippen molar-refractivity contribution in [2.75, 3.05) is 0 Å². The molecule has 0 unspecified atom stereocenters. The van der Waals surface area contributed by atoms with Crippen LogP contribution in [0, 0.1) is 4.77 Å². The number of aromatic nitrogens is 3. The van der Waals surface area contributed by atoms with Gasteiger partial charge in [-0.3, -0.25) is 9.67 Å². The molecule has 0 radical (unpaired) electrons. The molecule has 0 bridgehead atoms. The molecule has 0 atom stereocenters. The molecule has 0 amide bonds. The number of furan rings is 1. The average Bonchev–Trinajstić information content (AvgIpc) is 2.77. The minimum absolute atomic E-state index is 0.637. The molecule has 0 spiro atoms. The summed E-state index contributed by atoms with van der Waals surface area (Å²) in [4.78, 5) is 0. The summed E-state index contributed by atoms with van der Waals surface area (Å²) >= 11 is 5.12. The molecule has 5 heteroatoms. The van der Waals surface area contributed by atoms with Crippen molar-refractivity contribution in [2.24, 2.45) is 0 Å². The first-order valence-corrected chi connectivity index (χ1v) is 4.93. The van der Waals surface area contributed by atoms with Crippen molar-refractivity contribution >= 4 is 12.2 Å². The lowest BCUT2D eigenvalue weighted by atomic mass is 10.4. The van der Waals surface area contributed by atoms with Gasteiger partial charge in [0.15, 0.2) is 16.4 Å². The Morgan fingerprint density at radius 2 is 2.50 bits per heavy atom. The van der Waals surface area contributed by atoms with Crippen LogP contribution in [0.1, 0.15) is 13.3 Å². The van der Waals surface area contributed by atoms with Crippen LogP contribution in [-0.2, 0) is 6.54 Å². The van der Waals surface area contributed by atoms with E-state index in [1.54, 1.807) is 6.26 Å². The zero-order chi connectivity index (χ0) is 9.97. The summed E-state index contributed by atoms with van der Waals surface area (Å²) in [5.74, 6) is 1.51. The van der Waals surface area contributed by atoms with Crippen molar-refractivity contribution in [3.05, 3.63) is 23.2 Å². The van der Waals surface area contributed by atoms with E-state index in [9.17, 15) is 0 Å². The van der Waals surface area contributed by atoms with Crippen LogP contribution in [-0.4, -0.2) is 14.8 Å². The van der Waals surface area contributed by atoms with Gasteiger partial charge in [0.2, 0.25) is 0 Å². The number of aromatic amines is 1. The molecular formula is C9H11N3OS. The largest absolute Gasteiger partial charge is 0.461 e. The molecule has 2 rings (SSSR count). The summed E-state index contributed by atoms with van der Waals surface area (Å²) in [6, 6.07) is 3.71. The van der Waals surface area contributed by atoms with E-state index in [2.05, 4.69) is 17.1 Å². The van der Waals surface area contributed by atoms with Gasteiger partial charge in [0, 0.05) is 6.54 Å². The average molecular weight is 209 g/mol. The second-order valence-corrected chi connectivity index (χ2v) is 3.37. The summed E-state index contributed by atoms with van der Waals surface area (Å²) in [6.07, 6.45) is 2.64. The van der Waals surface area contributed by atoms with E-state index in [4.69, 9.17) is 16.6 Å². The van der Waals surface area contributed by atoms with Crippen LogP contribution < -0.4 is 0 Å². The van der Waals surface area contributed by atoms with E-state index in [0.29, 0.717) is 4.77 Å². The van der Waals surface area contributed by atoms with E-state index in [-0.39, 0.29) is 0 Å². The van der Waals surface area contributed by atoms with E-state index in [1.807, 2.05) is 16.7 Å². The molecule has 0 saturated heterocycles. The first-order valence-electron chi connectivity index (χ1n) is 4.52. The Balaban J connectivity index is 2.48. The predicted octanol–water partition coefficient (Wildman–Crippen LogP) is 2.61. The third kappa shape index (κ3) is 1.50. The van der Waals surface area contributed by atoms with Crippen LogP contribution in [0.3, 0.4) is 0 Å². The second-order valence-electron chi connectivity index (χ2n) is 2.98. The summed E-state index contributed by atoms with van der Waals surface area (Å²) in [5.41, 5.74) is 0. The molecule has 2 aromatic heterocycles.